The zero-order valence-corrected chi connectivity index (χ0v) is 8.61. The molecule has 0 aliphatic carbocycles. The van der Waals surface area contributed by atoms with E-state index in [1.807, 2.05) is 13.8 Å². The Labute approximate surface area is 79.5 Å². The van der Waals surface area contributed by atoms with Crippen molar-refractivity contribution in [2.45, 2.75) is 26.0 Å². The average Bonchev–Trinajstić information content (AvgIpc) is 2.03. The van der Waals surface area contributed by atoms with Gasteiger partial charge in [0, 0.05) is 0 Å². The molecule has 0 radical (unpaired) electrons. The fourth-order valence-corrected chi connectivity index (χ4v) is 0.718. The molecule has 0 aromatic carbocycles. The Kier molecular flexibility index (Phi) is 5.65. The molecule has 0 aliphatic rings. The topological polar surface area (TPSA) is 29.1 Å². The van der Waals surface area contributed by atoms with Gasteiger partial charge in [0.2, 0.25) is 5.91 Å². The molecular formula is C9H15NOS. The molecule has 0 rings (SSSR count). The van der Waals surface area contributed by atoms with Gasteiger partial charge < -0.3 is 5.32 Å². The van der Waals surface area contributed by atoms with Crippen LogP contribution in [0.4, 0.5) is 0 Å². The van der Waals surface area contributed by atoms with Gasteiger partial charge in [0.25, 0.3) is 0 Å². The standard InChI is InChI=1S/C9H15NOS/c1-4-5-6-10-9(11)8(12)7(2)3/h7-8,12H,6H2,1-3H3,(H,10,11). The van der Waals surface area contributed by atoms with Crippen molar-refractivity contribution in [2.75, 3.05) is 6.54 Å². The lowest BCUT2D eigenvalue weighted by Gasteiger charge is -2.12. The second-order valence-electron chi connectivity index (χ2n) is 2.83. The van der Waals surface area contributed by atoms with Crippen molar-refractivity contribution >= 4 is 18.5 Å². The van der Waals surface area contributed by atoms with Crippen LogP contribution < -0.4 is 5.32 Å². The largest absolute Gasteiger partial charge is 0.344 e. The molecule has 3 heteroatoms. The maximum atomic E-state index is 11.2. The molecule has 0 aromatic rings. The van der Waals surface area contributed by atoms with E-state index in [4.69, 9.17) is 0 Å². The Morgan fingerprint density at radius 2 is 2.17 bits per heavy atom. The molecule has 1 N–H and O–H groups in total. The monoisotopic (exact) mass is 185 g/mol. The van der Waals surface area contributed by atoms with Gasteiger partial charge in [-0.2, -0.15) is 12.6 Å². The molecule has 0 aliphatic heterocycles. The SMILES string of the molecule is CC#CCNC(=O)C(S)C(C)C. The molecule has 1 unspecified atom stereocenters. The Morgan fingerprint density at radius 3 is 2.58 bits per heavy atom. The number of carbonyl (C=O) groups is 1. The first-order chi connectivity index (χ1) is 5.59. The predicted molar refractivity (Wildman–Crippen MR) is 54.1 cm³/mol. The zero-order chi connectivity index (χ0) is 9.56. The zero-order valence-electron chi connectivity index (χ0n) is 7.72. The minimum atomic E-state index is -0.233. The quantitative estimate of drug-likeness (QED) is 0.500. The summed E-state index contributed by atoms with van der Waals surface area (Å²) in [6.45, 7) is 6.08. The van der Waals surface area contributed by atoms with Crippen LogP contribution in [0.15, 0.2) is 0 Å². The van der Waals surface area contributed by atoms with Gasteiger partial charge in [-0.15, -0.1) is 5.92 Å². The number of hydrogen-bond acceptors (Lipinski definition) is 2. The van der Waals surface area contributed by atoms with Crippen molar-refractivity contribution in [1.29, 1.82) is 0 Å². The first kappa shape index (κ1) is 11.4. The van der Waals surface area contributed by atoms with Crippen molar-refractivity contribution < 1.29 is 4.79 Å². The van der Waals surface area contributed by atoms with E-state index in [9.17, 15) is 4.79 Å². The normalized spacial score (nSPS) is 11.8. The smallest absolute Gasteiger partial charge is 0.233 e. The van der Waals surface area contributed by atoms with Gasteiger partial charge in [0.15, 0.2) is 0 Å². The third kappa shape index (κ3) is 4.30. The van der Waals surface area contributed by atoms with Gasteiger partial charge in [-0.05, 0) is 12.8 Å². The minimum absolute atomic E-state index is 0.0453. The lowest BCUT2D eigenvalue weighted by molar-refractivity contribution is -0.120. The number of amides is 1. The number of thiol groups is 1. The van der Waals surface area contributed by atoms with E-state index >= 15 is 0 Å². The van der Waals surface area contributed by atoms with E-state index in [0.29, 0.717) is 6.54 Å². The highest BCUT2D eigenvalue weighted by atomic mass is 32.1. The molecule has 68 valence electrons. The molecule has 2 nitrogen and oxygen atoms in total. The fourth-order valence-electron chi connectivity index (χ4n) is 0.627. The molecular weight excluding hydrogens is 170 g/mol. The maximum absolute atomic E-state index is 11.2. The summed E-state index contributed by atoms with van der Waals surface area (Å²) in [6.07, 6.45) is 0. The van der Waals surface area contributed by atoms with E-state index in [1.165, 1.54) is 0 Å². The van der Waals surface area contributed by atoms with Crippen molar-refractivity contribution in [3.05, 3.63) is 0 Å². The Hall–Kier alpha value is -0.620. The van der Waals surface area contributed by atoms with E-state index in [0.717, 1.165) is 0 Å². The molecule has 1 amide bonds. The van der Waals surface area contributed by atoms with Crippen LogP contribution in [-0.2, 0) is 4.79 Å². The summed E-state index contributed by atoms with van der Waals surface area (Å²) >= 11 is 4.16. The van der Waals surface area contributed by atoms with E-state index in [-0.39, 0.29) is 17.1 Å². The molecule has 0 heterocycles. The van der Waals surface area contributed by atoms with Gasteiger partial charge >= 0.3 is 0 Å². The Balaban J connectivity index is 3.77. The molecule has 0 fully saturated rings. The maximum Gasteiger partial charge on any atom is 0.233 e. The molecule has 0 saturated carbocycles. The van der Waals surface area contributed by atoms with Gasteiger partial charge in [0.1, 0.15) is 0 Å². The Bertz CT molecular complexity index is 202. The molecule has 0 spiro atoms. The van der Waals surface area contributed by atoms with Crippen LogP contribution in [0.25, 0.3) is 0 Å². The van der Waals surface area contributed by atoms with Crippen LogP contribution in [0.2, 0.25) is 0 Å². The summed E-state index contributed by atoms with van der Waals surface area (Å²) in [5.74, 6) is 5.67. The van der Waals surface area contributed by atoms with E-state index in [2.05, 4.69) is 29.8 Å². The molecule has 1 atom stereocenters. The van der Waals surface area contributed by atoms with Crippen LogP contribution in [0, 0.1) is 17.8 Å². The highest BCUT2D eigenvalue weighted by Crippen LogP contribution is 2.07. The molecule has 0 bridgehead atoms. The van der Waals surface area contributed by atoms with E-state index in [1.54, 1.807) is 6.92 Å². The van der Waals surface area contributed by atoms with Crippen molar-refractivity contribution in [2.24, 2.45) is 5.92 Å². The van der Waals surface area contributed by atoms with Gasteiger partial charge in [0.05, 0.1) is 11.8 Å². The van der Waals surface area contributed by atoms with Gasteiger partial charge in [-0.1, -0.05) is 19.8 Å². The third-order valence-corrected chi connectivity index (χ3v) is 2.26. The number of rotatable bonds is 3. The summed E-state index contributed by atoms with van der Waals surface area (Å²) in [5.41, 5.74) is 0. The summed E-state index contributed by atoms with van der Waals surface area (Å²) in [4.78, 5) is 11.2. The summed E-state index contributed by atoms with van der Waals surface area (Å²) in [6, 6.07) is 0. The van der Waals surface area contributed by atoms with Crippen LogP contribution in [0.1, 0.15) is 20.8 Å². The molecule has 0 saturated heterocycles. The van der Waals surface area contributed by atoms with Crippen LogP contribution in [0.3, 0.4) is 0 Å². The lowest BCUT2D eigenvalue weighted by Crippen LogP contribution is -2.34. The second-order valence-corrected chi connectivity index (χ2v) is 3.39. The number of hydrogen-bond donors (Lipinski definition) is 2. The first-order valence-corrected chi connectivity index (χ1v) is 4.46. The molecule has 12 heavy (non-hydrogen) atoms. The van der Waals surface area contributed by atoms with Crippen LogP contribution in [-0.4, -0.2) is 17.7 Å². The predicted octanol–water partition coefficient (Wildman–Crippen LogP) is 1.08. The first-order valence-electron chi connectivity index (χ1n) is 3.95. The Morgan fingerprint density at radius 1 is 1.58 bits per heavy atom. The van der Waals surface area contributed by atoms with Gasteiger partial charge in [-0.3, -0.25) is 4.79 Å². The lowest BCUT2D eigenvalue weighted by atomic mass is 10.1. The second kappa shape index (κ2) is 5.96. The molecule has 0 aromatic heterocycles. The summed E-state index contributed by atoms with van der Waals surface area (Å²) in [5, 5.41) is 2.44. The van der Waals surface area contributed by atoms with Crippen LogP contribution in [0.5, 0.6) is 0 Å². The summed E-state index contributed by atoms with van der Waals surface area (Å²) in [7, 11) is 0. The fraction of sp³-hybridized carbons (Fsp3) is 0.667. The van der Waals surface area contributed by atoms with E-state index < -0.39 is 0 Å². The minimum Gasteiger partial charge on any atom is -0.344 e. The van der Waals surface area contributed by atoms with Crippen molar-refractivity contribution in [1.82, 2.24) is 5.32 Å². The number of carbonyl (C=O) groups excluding carboxylic acids is 1. The highest BCUT2D eigenvalue weighted by Gasteiger charge is 2.16. The van der Waals surface area contributed by atoms with Crippen molar-refractivity contribution in [3.63, 3.8) is 0 Å². The van der Waals surface area contributed by atoms with Crippen LogP contribution >= 0.6 is 12.6 Å². The number of nitrogens with one attached hydrogen (secondary N) is 1. The average molecular weight is 185 g/mol. The van der Waals surface area contributed by atoms with Crippen molar-refractivity contribution in [3.8, 4) is 11.8 Å². The summed E-state index contributed by atoms with van der Waals surface area (Å²) < 4.78 is 0. The van der Waals surface area contributed by atoms with Gasteiger partial charge in [-0.25, -0.2) is 0 Å². The highest BCUT2D eigenvalue weighted by molar-refractivity contribution is 7.81. The third-order valence-electron chi connectivity index (χ3n) is 1.43.